The molecule has 0 aromatic rings. The number of rotatable bonds is 2. The molecule has 0 bridgehead atoms. The molecule has 0 atom stereocenters. The summed E-state index contributed by atoms with van der Waals surface area (Å²) in [6.45, 7) is 2.94. The monoisotopic (exact) mass is 237 g/mol. The minimum atomic E-state index is -0.743. The minimum absolute atomic E-state index is 0.101. The molecule has 94 valence electrons. The highest BCUT2D eigenvalue weighted by Crippen LogP contribution is 2.32. The van der Waals surface area contributed by atoms with Crippen molar-refractivity contribution < 1.29 is 14.7 Å². The van der Waals surface area contributed by atoms with E-state index in [4.69, 9.17) is 5.11 Å². The summed E-state index contributed by atoms with van der Waals surface area (Å²) in [5, 5.41) is 9.12. The van der Waals surface area contributed by atoms with Crippen LogP contribution < -0.4 is 0 Å². The van der Waals surface area contributed by atoms with Crippen LogP contribution in [-0.2, 0) is 9.59 Å². The highest BCUT2D eigenvalue weighted by molar-refractivity contribution is 5.80. The molecular weight excluding hydrogens is 218 g/mol. The number of carboxylic acids is 1. The standard InChI is InChI=1S/C13H19NO3/c1-13(12(16)17)6-8-14(9-7-13)11(15)10-4-2-3-5-10/h2-3,10H,4-9H2,1H3,(H,16,17). The fraction of sp³-hybridized carbons (Fsp3) is 0.692. The maximum Gasteiger partial charge on any atom is 0.309 e. The average molecular weight is 237 g/mol. The van der Waals surface area contributed by atoms with Gasteiger partial charge in [-0.1, -0.05) is 12.2 Å². The van der Waals surface area contributed by atoms with Crippen molar-refractivity contribution in [3.8, 4) is 0 Å². The number of carbonyl (C=O) groups excluding carboxylic acids is 1. The highest BCUT2D eigenvalue weighted by Gasteiger charge is 2.39. The maximum atomic E-state index is 12.1. The molecule has 1 amide bonds. The van der Waals surface area contributed by atoms with E-state index >= 15 is 0 Å². The normalized spacial score (nSPS) is 23.9. The summed E-state index contributed by atoms with van der Waals surface area (Å²) >= 11 is 0. The Morgan fingerprint density at radius 3 is 2.24 bits per heavy atom. The largest absolute Gasteiger partial charge is 0.481 e. The molecule has 1 aliphatic carbocycles. The predicted octanol–water partition coefficient (Wildman–Crippen LogP) is 1.67. The smallest absolute Gasteiger partial charge is 0.309 e. The Kier molecular flexibility index (Phi) is 3.22. The Morgan fingerprint density at radius 1 is 1.24 bits per heavy atom. The van der Waals surface area contributed by atoms with E-state index in [9.17, 15) is 9.59 Å². The molecule has 1 fully saturated rings. The molecule has 4 heteroatoms. The summed E-state index contributed by atoms with van der Waals surface area (Å²) in [6, 6.07) is 0. The second-order valence-corrected chi connectivity index (χ2v) is 5.33. The zero-order valence-electron chi connectivity index (χ0n) is 10.2. The molecule has 0 aromatic heterocycles. The lowest BCUT2D eigenvalue weighted by atomic mass is 9.80. The van der Waals surface area contributed by atoms with E-state index in [0.29, 0.717) is 25.9 Å². The van der Waals surface area contributed by atoms with Crippen molar-refractivity contribution in [2.45, 2.75) is 32.6 Å². The second kappa shape index (κ2) is 4.51. The van der Waals surface area contributed by atoms with Crippen LogP contribution in [-0.4, -0.2) is 35.0 Å². The van der Waals surface area contributed by atoms with Gasteiger partial charge in [-0.2, -0.15) is 0 Å². The van der Waals surface area contributed by atoms with Gasteiger partial charge in [-0.15, -0.1) is 0 Å². The van der Waals surface area contributed by atoms with E-state index in [2.05, 4.69) is 0 Å². The SMILES string of the molecule is CC1(C(=O)O)CCN(C(=O)C2CC=CC2)CC1. The van der Waals surface area contributed by atoms with Gasteiger partial charge in [0.25, 0.3) is 0 Å². The molecule has 0 unspecified atom stereocenters. The fourth-order valence-electron chi connectivity index (χ4n) is 2.51. The third-order valence-corrected chi connectivity index (χ3v) is 4.05. The Morgan fingerprint density at radius 2 is 1.76 bits per heavy atom. The van der Waals surface area contributed by atoms with E-state index in [1.807, 2.05) is 17.1 Å². The van der Waals surface area contributed by atoms with E-state index in [-0.39, 0.29) is 11.8 Å². The Hall–Kier alpha value is -1.32. The molecule has 2 aliphatic rings. The molecule has 0 spiro atoms. The van der Waals surface area contributed by atoms with Crippen molar-refractivity contribution in [2.75, 3.05) is 13.1 Å². The summed E-state index contributed by atoms with van der Waals surface area (Å²) in [7, 11) is 0. The van der Waals surface area contributed by atoms with Crippen LogP contribution in [0.1, 0.15) is 32.6 Å². The van der Waals surface area contributed by atoms with Crippen LogP contribution in [0.2, 0.25) is 0 Å². The molecular formula is C13H19NO3. The summed E-state index contributed by atoms with van der Waals surface area (Å²) in [6.07, 6.45) is 6.90. The molecule has 4 nitrogen and oxygen atoms in total. The van der Waals surface area contributed by atoms with Crippen molar-refractivity contribution in [3.63, 3.8) is 0 Å². The van der Waals surface area contributed by atoms with Crippen LogP contribution in [0.5, 0.6) is 0 Å². The van der Waals surface area contributed by atoms with E-state index in [0.717, 1.165) is 12.8 Å². The van der Waals surface area contributed by atoms with Gasteiger partial charge >= 0.3 is 5.97 Å². The van der Waals surface area contributed by atoms with Crippen LogP contribution in [0.4, 0.5) is 0 Å². The first-order chi connectivity index (χ1) is 8.03. The number of carbonyl (C=O) groups is 2. The highest BCUT2D eigenvalue weighted by atomic mass is 16.4. The lowest BCUT2D eigenvalue weighted by Crippen LogP contribution is -2.46. The van der Waals surface area contributed by atoms with E-state index in [1.165, 1.54) is 0 Å². The number of hydrogen-bond donors (Lipinski definition) is 1. The lowest BCUT2D eigenvalue weighted by Gasteiger charge is -2.37. The topological polar surface area (TPSA) is 57.6 Å². The number of hydrogen-bond acceptors (Lipinski definition) is 2. The van der Waals surface area contributed by atoms with Crippen molar-refractivity contribution in [1.29, 1.82) is 0 Å². The zero-order chi connectivity index (χ0) is 12.5. The van der Waals surface area contributed by atoms with Gasteiger partial charge in [0.1, 0.15) is 0 Å². The molecule has 0 aromatic carbocycles. The van der Waals surface area contributed by atoms with Crippen molar-refractivity contribution in [1.82, 2.24) is 4.90 Å². The fourth-order valence-corrected chi connectivity index (χ4v) is 2.51. The number of carboxylic acid groups (broad SMARTS) is 1. The Bertz CT molecular complexity index is 346. The number of allylic oxidation sites excluding steroid dienone is 2. The van der Waals surface area contributed by atoms with Gasteiger partial charge < -0.3 is 10.0 Å². The van der Waals surface area contributed by atoms with Gasteiger partial charge in [0.2, 0.25) is 5.91 Å². The van der Waals surface area contributed by atoms with E-state index < -0.39 is 11.4 Å². The van der Waals surface area contributed by atoms with Crippen LogP contribution >= 0.6 is 0 Å². The number of aliphatic carboxylic acids is 1. The third-order valence-electron chi connectivity index (χ3n) is 4.05. The average Bonchev–Trinajstić information content (AvgIpc) is 2.82. The van der Waals surface area contributed by atoms with Gasteiger partial charge in [-0.3, -0.25) is 9.59 Å². The molecule has 2 rings (SSSR count). The molecule has 0 saturated carbocycles. The molecule has 0 radical (unpaired) electrons. The second-order valence-electron chi connectivity index (χ2n) is 5.33. The summed E-state index contributed by atoms with van der Waals surface area (Å²) in [5.74, 6) is -0.446. The Balaban J connectivity index is 1.90. The van der Waals surface area contributed by atoms with Gasteiger partial charge in [0.15, 0.2) is 0 Å². The van der Waals surface area contributed by atoms with E-state index in [1.54, 1.807) is 6.92 Å². The number of amides is 1. The Labute approximate surface area is 101 Å². The minimum Gasteiger partial charge on any atom is -0.481 e. The number of piperidine rings is 1. The first kappa shape index (κ1) is 12.1. The number of likely N-dealkylation sites (tertiary alicyclic amines) is 1. The molecule has 1 aliphatic heterocycles. The zero-order valence-corrected chi connectivity index (χ0v) is 10.2. The molecule has 1 heterocycles. The quantitative estimate of drug-likeness (QED) is 0.743. The van der Waals surface area contributed by atoms with Crippen molar-refractivity contribution >= 4 is 11.9 Å². The molecule has 1 N–H and O–H groups in total. The van der Waals surface area contributed by atoms with Crippen molar-refractivity contribution in [3.05, 3.63) is 12.2 Å². The van der Waals surface area contributed by atoms with Gasteiger partial charge in [-0.25, -0.2) is 0 Å². The summed E-state index contributed by atoms with van der Waals surface area (Å²) in [5.41, 5.74) is -0.648. The van der Waals surface area contributed by atoms with Crippen LogP contribution in [0.3, 0.4) is 0 Å². The first-order valence-corrected chi connectivity index (χ1v) is 6.20. The van der Waals surface area contributed by atoms with Crippen LogP contribution in [0.15, 0.2) is 12.2 Å². The predicted molar refractivity (Wildman–Crippen MR) is 63.4 cm³/mol. The third kappa shape index (κ3) is 2.35. The number of nitrogens with zero attached hydrogens (tertiary/aromatic N) is 1. The lowest BCUT2D eigenvalue weighted by molar-refractivity contribution is -0.153. The van der Waals surface area contributed by atoms with Crippen LogP contribution in [0.25, 0.3) is 0 Å². The van der Waals surface area contributed by atoms with Crippen LogP contribution in [0, 0.1) is 11.3 Å². The van der Waals surface area contributed by atoms with Gasteiger partial charge in [-0.05, 0) is 32.6 Å². The molecule has 17 heavy (non-hydrogen) atoms. The molecule has 1 saturated heterocycles. The first-order valence-electron chi connectivity index (χ1n) is 6.20. The summed E-state index contributed by atoms with van der Waals surface area (Å²) in [4.78, 5) is 25.1. The van der Waals surface area contributed by atoms with Gasteiger partial charge in [0.05, 0.1) is 5.41 Å². The van der Waals surface area contributed by atoms with Gasteiger partial charge in [0, 0.05) is 19.0 Å². The van der Waals surface area contributed by atoms with Crippen molar-refractivity contribution in [2.24, 2.45) is 11.3 Å². The summed E-state index contributed by atoms with van der Waals surface area (Å²) < 4.78 is 0. The maximum absolute atomic E-state index is 12.1.